The molecule has 0 unspecified atom stereocenters. The van der Waals surface area contributed by atoms with Gasteiger partial charge in [-0.2, -0.15) is 5.10 Å². The maximum Gasteiger partial charge on any atom is 0.273 e. The highest BCUT2D eigenvalue weighted by Crippen LogP contribution is 2.34. The molecule has 0 saturated carbocycles. The van der Waals surface area contributed by atoms with Gasteiger partial charge in [0.05, 0.1) is 35.3 Å². The normalized spacial score (nSPS) is 15.2. The molecule has 7 heteroatoms. The minimum absolute atomic E-state index is 0.120. The topological polar surface area (TPSA) is 59.4 Å². The van der Waals surface area contributed by atoms with Gasteiger partial charge in [0.1, 0.15) is 5.69 Å². The van der Waals surface area contributed by atoms with Crippen LogP contribution in [0.3, 0.4) is 0 Å². The highest BCUT2D eigenvalue weighted by molar-refractivity contribution is 6.34. The molecule has 1 amide bonds. The lowest BCUT2D eigenvalue weighted by Gasteiger charge is -2.31. The number of rotatable bonds is 3. The predicted octanol–water partition coefficient (Wildman–Crippen LogP) is 3.46. The van der Waals surface area contributed by atoms with Crippen molar-refractivity contribution in [2.75, 3.05) is 36.5 Å². The number of aryl methyl sites for hydroxylation is 1. The number of nitrogens with zero attached hydrogens (tertiary/aromatic N) is 3. The van der Waals surface area contributed by atoms with Crippen LogP contribution in [0.25, 0.3) is 0 Å². The van der Waals surface area contributed by atoms with Crippen LogP contribution in [-0.4, -0.2) is 42.0 Å². The van der Waals surface area contributed by atoms with Crippen LogP contribution in [0.4, 0.5) is 11.4 Å². The Bertz CT molecular complexity index is 804. The van der Waals surface area contributed by atoms with Gasteiger partial charge < -0.3 is 15.0 Å². The average Bonchev–Trinajstić information content (AvgIpc) is 2.98. The summed E-state index contributed by atoms with van der Waals surface area (Å²) in [5.41, 5.74) is 2.81. The predicted molar refractivity (Wildman–Crippen MR) is 104 cm³/mol. The second-order valence-corrected chi connectivity index (χ2v) is 7.89. The van der Waals surface area contributed by atoms with Crippen molar-refractivity contribution in [1.29, 1.82) is 0 Å². The van der Waals surface area contributed by atoms with Crippen LogP contribution in [0.2, 0.25) is 5.02 Å². The molecule has 1 aromatic heterocycles. The number of amides is 1. The van der Waals surface area contributed by atoms with Gasteiger partial charge in [0, 0.05) is 25.6 Å². The van der Waals surface area contributed by atoms with E-state index in [1.807, 2.05) is 24.3 Å². The molecule has 2 aromatic rings. The molecule has 1 aliphatic heterocycles. The van der Waals surface area contributed by atoms with Gasteiger partial charge in [0.2, 0.25) is 0 Å². The van der Waals surface area contributed by atoms with E-state index in [0.717, 1.165) is 24.5 Å². The molecule has 1 aromatic carbocycles. The van der Waals surface area contributed by atoms with E-state index in [1.54, 1.807) is 11.7 Å². The number of hydrogen-bond acceptors (Lipinski definition) is 4. The van der Waals surface area contributed by atoms with Crippen molar-refractivity contribution in [3.8, 4) is 0 Å². The first-order valence-electron chi connectivity index (χ1n) is 8.74. The summed E-state index contributed by atoms with van der Waals surface area (Å²) in [5.74, 6) is -0.202. The number of hydrogen-bond donors (Lipinski definition) is 1. The largest absolute Gasteiger partial charge is 0.378 e. The van der Waals surface area contributed by atoms with Crippen molar-refractivity contribution < 1.29 is 9.53 Å². The van der Waals surface area contributed by atoms with Crippen molar-refractivity contribution in [3.05, 3.63) is 40.7 Å². The minimum Gasteiger partial charge on any atom is -0.378 e. The summed E-state index contributed by atoms with van der Waals surface area (Å²) in [6, 6.07) is 7.39. The van der Waals surface area contributed by atoms with E-state index >= 15 is 0 Å². The highest BCUT2D eigenvalue weighted by Gasteiger charge is 2.23. The molecule has 3 rings (SSSR count). The zero-order valence-corrected chi connectivity index (χ0v) is 16.4. The molecule has 1 fully saturated rings. The number of anilines is 2. The number of nitrogens with one attached hydrogen (secondary N) is 1. The van der Waals surface area contributed by atoms with Crippen LogP contribution < -0.4 is 10.2 Å². The third-order valence-corrected chi connectivity index (χ3v) is 4.75. The number of carbonyl (C=O) groups excluding carboxylic acids is 1. The molecule has 0 radical (unpaired) electrons. The highest BCUT2D eigenvalue weighted by atomic mass is 35.5. The second kappa shape index (κ2) is 7.29. The third-order valence-electron chi connectivity index (χ3n) is 4.44. The Hall–Kier alpha value is -2.05. The molecule has 0 atom stereocenters. The summed E-state index contributed by atoms with van der Waals surface area (Å²) in [4.78, 5) is 15.0. The zero-order chi connectivity index (χ0) is 18.9. The van der Waals surface area contributed by atoms with Crippen molar-refractivity contribution in [2.45, 2.75) is 26.2 Å². The fraction of sp³-hybridized carbons (Fsp3) is 0.474. The number of benzene rings is 1. The number of carbonyl (C=O) groups is 1. The first kappa shape index (κ1) is 18.7. The molecule has 140 valence electrons. The Morgan fingerprint density at radius 3 is 2.58 bits per heavy atom. The number of halogens is 1. The van der Waals surface area contributed by atoms with E-state index in [1.165, 1.54) is 0 Å². The average molecular weight is 377 g/mol. The molecule has 1 aliphatic rings. The van der Waals surface area contributed by atoms with Crippen LogP contribution in [0.1, 0.15) is 37.0 Å². The van der Waals surface area contributed by atoms with Crippen LogP contribution in [-0.2, 0) is 17.2 Å². The Balaban J connectivity index is 1.88. The minimum atomic E-state index is -0.202. The molecule has 1 saturated heterocycles. The lowest BCUT2D eigenvalue weighted by atomic mass is 9.92. The van der Waals surface area contributed by atoms with Gasteiger partial charge in [-0.3, -0.25) is 9.48 Å². The molecule has 0 aliphatic carbocycles. The lowest BCUT2D eigenvalue weighted by molar-refractivity contribution is 0.101. The summed E-state index contributed by atoms with van der Waals surface area (Å²) in [7, 11) is 1.78. The summed E-state index contributed by atoms with van der Waals surface area (Å²) < 4.78 is 7.04. The molecule has 2 heterocycles. The molecular formula is C19H25ClN4O2. The molecule has 0 bridgehead atoms. The Labute approximate surface area is 159 Å². The van der Waals surface area contributed by atoms with Crippen LogP contribution in [0.15, 0.2) is 24.3 Å². The molecular weight excluding hydrogens is 352 g/mol. The number of ether oxygens (including phenoxy) is 1. The molecule has 1 N–H and O–H groups in total. The van der Waals surface area contributed by atoms with Gasteiger partial charge in [0.15, 0.2) is 0 Å². The zero-order valence-electron chi connectivity index (χ0n) is 15.7. The van der Waals surface area contributed by atoms with E-state index in [4.69, 9.17) is 16.3 Å². The van der Waals surface area contributed by atoms with Crippen LogP contribution in [0.5, 0.6) is 0 Å². The SMILES string of the molecule is Cn1nc(C(C)(C)C)cc1C(=O)Nc1cccc(Cl)c1N1CCOCC1. The van der Waals surface area contributed by atoms with E-state index < -0.39 is 0 Å². The van der Waals surface area contributed by atoms with Gasteiger partial charge in [-0.1, -0.05) is 38.4 Å². The smallest absolute Gasteiger partial charge is 0.273 e. The summed E-state index contributed by atoms with van der Waals surface area (Å²) in [6.45, 7) is 9.00. The fourth-order valence-corrected chi connectivity index (χ4v) is 3.25. The first-order valence-corrected chi connectivity index (χ1v) is 9.12. The maximum absolute atomic E-state index is 12.9. The Kier molecular flexibility index (Phi) is 5.25. The van der Waals surface area contributed by atoms with Crippen molar-refractivity contribution in [3.63, 3.8) is 0 Å². The van der Waals surface area contributed by atoms with Gasteiger partial charge in [-0.05, 0) is 18.2 Å². The lowest BCUT2D eigenvalue weighted by Crippen LogP contribution is -2.37. The standard InChI is InChI=1S/C19H25ClN4O2/c1-19(2,3)16-12-15(23(4)22-16)18(25)21-14-7-5-6-13(20)17(14)24-8-10-26-11-9-24/h5-7,12H,8-11H2,1-4H3,(H,21,25). The van der Waals surface area contributed by atoms with E-state index in [9.17, 15) is 4.79 Å². The van der Waals surface area contributed by atoms with Crippen molar-refractivity contribution in [2.24, 2.45) is 7.05 Å². The van der Waals surface area contributed by atoms with Gasteiger partial charge >= 0.3 is 0 Å². The molecule has 0 spiro atoms. The van der Waals surface area contributed by atoms with Crippen molar-refractivity contribution in [1.82, 2.24) is 9.78 Å². The maximum atomic E-state index is 12.9. The Morgan fingerprint density at radius 1 is 1.27 bits per heavy atom. The van der Waals surface area contributed by atoms with Crippen molar-refractivity contribution >= 4 is 28.9 Å². The van der Waals surface area contributed by atoms with Crippen LogP contribution in [0, 0.1) is 0 Å². The number of aromatic nitrogens is 2. The van der Waals surface area contributed by atoms with Gasteiger partial charge in [-0.25, -0.2) is 0 Å². The number of morpholine rings is 1. The first-order chi connectivity index (χ1) is 12.3. The van der Waals surface area contributed by atoms with E-state index in [0.29, 0.717) is 29.6 Å². The molecule has 26 heavy (non-hydrogen) atoms. The van der Waals surface area contributed by atoms with Crippen LogP contribution >= 0.6 is 11.6 Å². The summed E-state index contributed by atoms with van der Waals surface area (Å²) >= 11 is 6.44. The monoisotopic (exact) mass is 376 g/mol. The van der Waals surface area contributed by atoms with Gasteiger partial charge in [0.25, 0.3) is 5.91 Å². The van der Waals surface area contributed by atoms with E-state index in [2.05, 4.69) is 36.1 Å². The van der Waals surface area contributed by atoms with E-state index in [-0.39, 0.29) is 11.3 Å². The Morgan fingerprint density at radius 2 is 1.96 bits per heavy atom. The van der Waals surface area contributed by atoms with Gasteiger partial charge in [-0.15, -0.1) is 0 Å². The third kappa shape index (κ3) is 3.86. The fourth-order valence-electron chi connectivity index (χ4n) is 2.96. The molecule has 6 nitrogen and oxygen atoms in total. The summed E-state index contributed by atoms with van der Waals surface area (Å²) in [5, 5.41) is 8.10. The second-order valence-electron chi connectivity index (χ2n) is 7.48. The summed E-state index contributed by atoms with van der Waals surface area (Å²) in [6.07, 6.45) is 0. The quantitative estimate of drug-likeness (QED) is 0.891. The number of para-hydroxylation sites is 1.